The third-order valence-electron chi connectivity index (χ3n) is 11.6. The summed E-state index contributed by atoms with van der Waals surface area (Å²) in [5, 5.41) is 0. The van der Waals surface area contributed by atoms with Crippen LogP contribution in [0.15, 0.2) is 109 Å². The zero-order valence-electron chi connectivity index (χ0n) is 44.1. The van der Waals surface area contributed by atoms with Crippen LogP contribution < -0.4 is 0 Å². The second-order valence-corrected chi connectivity index (χ2v) is 18.3. The van der Waals surface area contributed by atoms with Crippen molar-refractivity contribution in [1.29, 1.82) is 0 Å². The zero-order chi connectivity index (χ0) is 49.3. The molecule has 0 bridgehead atoms. The first kappa shape index (κ1) is 64.1. The number of rotatable bonds is 49. The summed E-state index contributed by atoms with van der Waals surface area (Å²) in [4.78, 5) is 38.1. The summed E-state index contributed by atoms with van der Waals surface area (Å²) >= 11 is 0. The minimum atomic E-state index is -0.818. The molecule has 386 valence electrons. The molecular weight excluding hydrogens is 841 g/mol. The fourth-order valence-corrected chi connectivity index (χ4v) is 7.41. The molecule has 6 heteroatoms. The van der Waals surface area contributed by atoms with Gasteiger partial charge in [-0.2, -0.15) is 0 Å². The number of esters is 3. The van der Waals surface area contributed by atoms with Crippen LogP contribution in [-0.4, -0.2) is 37.2 Å². The molecule has 0 aromatic heterocycles. The van der Waals surface area contributed by atoms with E-state index in [1.54, 1.807) is 0 Å². The van der Waals surface area contributed by atoms with E-state index < -0.39 is 6.10 Å². The van der Waals surface area contributed by atoms with E-state index in [9.17, 15) is 14.4 Å². The molecule has 0 aliphatic rings. The fourth-order valence-electron chi connectivity index (χ4n) is 7.41. The van der Waals surface area contributed by atoms with Crippen molar-refractivity contribution in [2.24, 2.45) is 0 Å². The molecule has 68 heavy (non-hydrogen) atoms. The molecule has 0 amide bonds. The molecule has 0 heterocycles. The first-order chi connectivity index (χ1) is 33.5. The summed E-state index contributed by atoms with van der Waals surface area (Å²) in [5.74, 6) is -0.990. The SMILES string of the molecule is CCC\C=C/C=C\C=C/C=C\C=C/CCCCCCCC(=O)OCC(COC(=O)CCCCCCCCCCCCCCCCC)OC(=O)CCC/C=C\C/C=C\C/C=C\C/C=C\CCCCC. The van der Waals surface area contributed by atoms with Crippen molar-refractivity contribution in [3.8, 4) is 0 Å². The largest absolute Gasteiger partial charge is 0.462 e. The third-order valence-corrected chi connectivity index (χ3v) is 11.6. The van der Waals surface area contributed by atoms with E-state index in [-0.39, 0.29) is 37.5 Å². The van der Waals surface area contributed by atoms with E-state index in [4.69, 9.17) is 14.2 Å². The lowest BCUT2D eigenvalue weighted by Crippen LogP contribution is -2.30. The molecule has 0 aromatic rings. The normalized spacial score (nSPS) is 12.9. The van der Waals surface area contributed by atoms with E-state index >= 15 is 0 Å². The molecule has 0 aromatic carbocycles. The molecular formula is C62H102O6. The predicted molar refractivity (Wildman–Crippen MR) is 293 cm³/mol. The lowest BCUT2D eigenvalue weighted by Gasteiger charge is -2.18. The second-order valence-electron chi connectivity index (χ2n) is 18.3. The summed E-state index contributed by atoms with van der Waals surface area (Å²) in [6.45, 7) is 6.46. The van der Waals surface area contributed by atoms with Crippen LogP contribution in [0, 0.1) is 0 Å². The van der Waals surface area contributed by atoms with Crippen LogP contribution in [0.3, 0.4) is 0 Å². The van der Waals surface area contributed by atoms with Crippen molar-refractivity contribution >= 4 is 17.9 Å². The third kappa shape index (κ3) is 53.0. The molecule has 1 atom stereocenters. The molecule has 0 saturated heterocycles. The average molecular weight is 943 g/mol. The smallest absolute Gasteiger partial charge is 0.306 e. The van der Waals surface area contributed by atoms with Crippen molar-refractivity contribution in [3.05, 3.63) is 109 Å². The molecule has 0 fully saturated rings. The number of ether oxygens (including phenoxy) is 3. The van der Waals surface area contributed by atoms with Gasteiger partial charge in [-0.15, -0.1) is 0 Å². The second kappa shape index (κ2) is 55.7. The zero-order valence-corrected chi connectivity index (χ0v) is 44.1. The van der Waals surface area contributed by atoms with Crippen LogP contribution >= 0.6 is 0 Å². The molecule has 0 radical (unpaired) electrons. The highest BCUT2D eigenvalue weighted by Gasteiger charge is 2.19. The van der Waals surface area contributed by atoms with Crippen molar-refractivity contribution in [2.75, 3.05) is 13.2 Å². The van der Waals surface area contributed by atoms with Crippen LogP contribution in [0.4, 0.5) is 0 Å². The van der Waals surface area contributed by atoms with Crippen LogP contribution in [-0.2, 0) is 28.6 Å². The number of hydrogen-bond acceptors (Lipinski definition) is 6. The standard InChI is InChI=1S/C62H102O6/c1-4-7-10-13-16-19-22-25-28-30-32-34-37-40-43-46-49-52-55-61(64)67-58-59(57-66-60(63)54-51-48-45-42-39-36-33-27-24-21-18-15-12-9-6-3)68-62(65)56-53-50-47-44-41-38-35-31-29-26-23-20-17-14-11-8-5-2/h10,13,16-17,19-20,22,25-26,28-30,32,34-35,38,44,47,59H,4-9,11-12,14-15,18,21,23-24,27,31,33,36-37,39-43,45-46,48-58H2,1-3H3/b13-10-,19-16-,20-17-,25-22-,29-26-,30-28-,34-32-,38-35-,47-44-. The quantitative estimate of drug-likeness (QED) is 0.0199. The van der Waals surface area contributed by atoms with Gasteiger partial charge in [0.05, 0.1) is 0 Å². The Morgan fingerprint density at radius 2 is 0.632 bits per heavy atom. The fraction of sp³-hybridized carbons (Fsp3) is 0.661. The van der Waals surface area contributed by atoms with E-state index in [0.717, 1.165) is 89.9 Å². The first-order valence-corrected chi connectivity index (χ1v) is 28.0. The minimum Gasteiger partial charge on any atom is -0.462 e. The maximum atomic E-state index is 12.8. The molecule has 0 rings (SSSR count). The van der Waals surface area contributed by atoms with Crippen LogP contribution in [0.5, 0.6) is 0 Å². The first-order valence-electron chi connectivity index (χ1n) is 28.0. The molecule has 0 aliphatic heterocycles. The van der Waals surface area contributed by atoms with Crippen molar-refractivity contribution in [3.63, 3.8) is 0 Å². The number of allylic oxidation sites excluding steroid dienone is 18. The molecule has 1 unspecified atom stereocenters. The van der Waals surface area contributed by atoms with Gasteiger partial charge in [-0.25, -0.2) is 0 Å². The van der Waals surface area contributed by atoms with Gasteiger partial charge in [0, 0.05) is 19.3 Å². The lowest BCUT2D eigenvalue weighted by molar-refractivity contribution is -0.167. The van der Waals surface area contributed by atoms with Gasteiger partial charge in [0.25, 0.3) is 0 Å². The molecule has 0 N–H and O–H groups in total. The van der Waals surface area contributed by atoms with Crippen molar-refractivity contribution in [2.45, 2.75) is 252 Å². The summed E-state index contributed by atoms with van der Waals surface area (Å²) in [7, 11) is 0. The molecule has 0 saturated carbocycles. The van der Waals surface area contributed by atoms with Crippen LogP contribution in [0.2, 0.25) is 0 Å². The maximum Gasteiger partial charge on any atom is 0.306 e. The monoisotopic (exact) mass is 943 g/mol. The molecule has 0 spiro atoms. The highest BCUT2D eigenvalue weighted by Crippen LogP contribution is 2.15. The Morgan fingerprint density at radius 3 is 1.09 bits per heavy atom. The van der Waals surface area contributed by atoms with E-state index in [0.29, 0.717) is 19.3 Å². The topological polar surface area (TPSA) is 78.9 Å². The Bertz CT molecular complexity index is 1410. The Kier molecular flexibility index (Phi) is 52.4. The average Bonchev–Trinajstić information content (AvgIpc) is 3.34. The van der Waals surface area contributed by atoms with Crippen molar-refractivity contribution < 1.29 is 28.6 Å². The summed E-state index contributed by atoms with van der Waals surface area (Å²) < 4.78 is 16.8. The summed E-state index contributed by atoms with van der Waals surface area (Å²) in [6.07, 6.45) is 75.0. The van der Waals surface area contributed by atoms with Gasteiger partial charge in [-0.05, 0) is 77.0 Å². The minimum absolute atomic E-state index is 0.108. The Hall–Kier alpha value is -3.93. The van der Waals surface area contributed by atoms with E-state index in [2.05, 4.69) is 106 Å². The number of unbranched alkanes of at least 4 members (excludes halogenated alkanes) is 24. The number of hydrogen-bond donors (Lipinski definition) is 0. The Labute approximate surface area is 419 Å². The van der Waals surface area contributed by atoms with Gasteiger partial charge < -0.3 is 14.2 Å². The number of carbonyl (C=O) groups excluding carboxylic acids is 3. The van der Waals surface area contributed by atoms with Gasteiger partial charge in [0.2, 0.25) is 0 Å². The van der Waals surface area contributed by atoms with Gasteiger partial charge in [-0.1, -0.05) is 259 Å². The maximum absolute atomic E-state index is 12.8. The van der Waals surface area contributed by atoms with Crippen LogP contribution in [0.25, 0.3) is 0 Å². The Morgan fingerprint density at radius 1 is 0.309 bits per heavy atom. The highest BCUT2D eigenvalue weighted by molar-refractivity contribution is 5.71. The Balaban J connectivity index is 4.54. The molecule has 0 aliphatic carbocycles. The summed E-state index contributed by atoms with van der Waals surface area (Å²) in [5.41, 5.74) is 0. The van der Waals surface area contributed by atoms with E-state index in [1.807, 2.05) is 24.3 Å². The predicted octanol–water partition coefficient (Wildman–Crippen LogP) is 18.7. The van der Waals surface area contributed by atoms with Crippen molar-refractivity contribution in [1.82, 2.24) is 0 Å². The highest BCUT2D eigenvalue weighted by atomic mass is 16.6. The van der Waals surface area contributed by atoms with Gasteiger partial charge in [0.1, 0.15) is 13.2 Å². The van der Waals surface area contributed by atoms with Gasteiger partial charge in [0.15, 0.2) is 6.10 Å². The lowest BCUT2D eigenvalue weighted by atomic mass is 10.0. The molecule has 6 nitrogen and oxygen atoms in total. The van der Waals surface area contributed by atoms with E-state index in [1.165, 1.54) is 109 Å². The van der Waals surface area contributed by atoms with Gasteiger partial charge in [-0.3, -0.25) is 14.4 Å². The van der Waals surface area contributed by atoms with Gasteiger partial charge >= 0.3 is 17.9 Å². The van der Waals surface area contributed by atoms with Crippen LogP contribution in [0.1, 0.15) is 245 Å². The summed E-state index contributed by atoms with van der Waals surface area (Å²) in [6, 6.07) is 0. The number of carbonyl (C=O) groups is 3.